The molecule has 0 unspecified atom stereocenters. The zero-order valence-electron chi connectivity index (χ0n) is 7.64. The van der Waals surface area contributed by atoms with Crippen LogP contribution in [0.5, 0.6) is 0 Å². The summed E-state index contributed by atoms with van der Waals surface area (Å²) in [4.78, 5) is 12.4. The van der Waals surface area contributed by atoms with Crippen molar-refractivity contribution >= 4 is 23.0 Å². The van der Waals surface area contributed by atoms with Crippen molar-refractivity contribution in [1.82, 2.24) is 0 Å². The highest BCUT2D eigenvalue weighted by Gasteiger charge is 2.17. The van der Waals surface area contributed by atoms with E-state index in [0.717, 1.165) is 13.1 Å². The van der Waals surface area contributed by atoms with Crippen LogP contribution in [0.4, 0.5) is 5.88 Å². The number of carbonyl (C=O) groups excluding carboxylic acids is 1. The number of carbonyl (C=O) groups is 1. The van der Waals surface area contributed by atoms with E-state index in [-0.39, 0.29) is 0 Å². The lowest BCUT2D eigenvalue weighted by Crippen LogP contribution is -2.37. The van der Waals surface area contributed by atoms with E-state index in [1.807, 2.05) is 4.90 Å². The molecule has 1 aromatic heterocycles. The van der Waals surface area contributed by atoms with E-state index in [1.54, 1.807) is 12.1 Å². The van der Waals surface area contributed by atoms with E-state index >= 15 is 0 Å². The van der Waals surface area contributed by atoms with Gasteiger partial charge in [-0.1, -0.05) is 0 Å². The number of nitrogens with zero attached hydrogens (tertiary/aromatic N) is 1. The van der Waals surface area contributed by atoms with Crippen LogP contribution in [0.2, 0.25) is 0 Å². The summed E-state index contributed by atoms with van der Waals surface area (Å²) < 4.78 is 16.4. The van der Waals surface area contributed by atoms with Gasteiger partial charge in [0.05, 0.1) is 0 Å². The first kappa shape index (κ1) is 9.45. The second-order valence-corrected chi connectivity index (χ2v) is 4.83. The standard InChI is InChI=1S/C9H11NO3S/c11-7-8-1-2-9(13-8)10-3-5-14(12)6-4-10/h1-2,7H,3-6H2. The Bertz CT molecular complexity index is 351. The summed E-state index contributed by atoms with van der Waals surface area (Å²) >= 11 is 0. The van der Waals surface area contributed by atoms with Crippen LogP contribution in [0.15, 0.2) is 16.5 Å². The minimum absolute atomic E-state index is 0.340. The number of anilines is 1. The van der Waals surface area contributed by atoms with Gasteiger partial charge >= 0.3 is 0 Å². The van der Waals surface area contributed by atoms with Crippen LogP contribution in [0, 0.1) is 0 Å². The van der Waals surface area contributed by atoms with Gasteiger partial charge in [-0.05, 0) is 6.07 Å². The molecule has 0 spiro atoms. The lowest BCUT2D eigenvalue weighted by atomic mass is 10.4. The fourth-order valence-corrected chi connectivity index (χ4v) is 2.49. The lowest BCUT2D eigenvalue weighted by Gasteiger charge is -2.25. The topological polar surface area (TPSA) is 50.5 Å². The van der Waals surface area contributed by atoms with Crippen molar-refractivity contribution in [1.29, 1.82) is 0 Å². The first-order valence-corrected chi connectivity index (χ1v) is 5.93. The maximum Gasteiger partial charge on any atom is 0.196 e. The fraction of sp³-hybridized carbons (Fsp3) is 0.444. The fourth-order valence-electron chi connectivity index (χ4n) is 1.43. The normalized spacial score (nSPS) is 18.4. The molecular weight excluding hydrogens is 202 g/mol. The van der Waals surface area contributed by atoms with Crippen molar-refractivity contribution in [3.8, 4) is 0 Å². The monoisotopic (exact) mass is 213 g/mol. The third-order valence-electron chi connectivity index (χ3n) is 2.22. The average Bonchev–Trinajstić information content (AvgIpc) is 2.67. The molecule has 0 atom stereocenters. The largest absolute Gasteiger partial charge is 0.438 e. The quantitative estimate of drug-likeness (QED) is 0.677. The Balaban J connectivity index is 2.07. The van der Waals surface area contributed by atoms with Crippen molar-refractivity contribution in [2.75, 3.05) is 29.5 Å². The minimum atomic E-state index is -0.683. The van der Waals surface area contributed by atoms with Gasteiger partial charge in [-0.25, -0.2) is 0 Å². The van der Waals surface area contributed by atoms with Gasteiger partial charge in [0.2, 0.25) is 0 Å². The maximum atomic E-state index is 11.1. The van der Waals surface area contributed by atoms with Crippen molar-refractivity contribution in [2.24, 2.45) is 0 Å². The van der Waals surface area contributed by atoms with Gasteiger partial charge in [-0.2, -0.15) is 0 Å². The molecule has 0 bridgehead atoms. The molecule has 76 valence electrons. The molecule has 1 aromatic rings. The van der Waals surface area contributed by atoms with E-state index in [4.69, 9.17) is 4.42 Å². The summed E-state index contributed by atoms with van der Waals surface area (Å²) in [6.45, 7) is 1.47. The van der Waals surface area contributed by atoms with E-state index in [9.17, 15) is 9.00 Å². The van der Waals surface area contributed by atoms with Gasteiger partial charge in [0.25, 0.3) is 0 Å². The van der Waals surface area contributed by atoms with Crippen LogP contribution in [0.25, 0.3) is 0 Å². The Morgan fingerprint density at radius 2 is 2.07 bits per heavy atom. The second kappa shape index (κ2) is 3.96. The zero-order chi connectivity index (χ0) is 9.97. The lowest BCUT2D eigenvalue weighted by molar-refractivity contribution is 0.110. The summed E-state index contributed by atoms with van der Waals surface area (Å²) in [5.74, 6) is 2.39. The molecule has 2 heterocycles. The van der Waals surface area contributed by atoms with E-state index < -0.39 is 10.8 Å². The molecule has 4 nitrogen and oxygen atoms in total. The van der Waals surface area contributed by atoms with Crippen LogP contribution in [0.3, 0.4) is 0 Å². The van der Waals surface area contributed by atoms with Gasteiger partial charge in [0, 0.05) is 41.5 Å². The molecule has 2 rings (SSSR count). The summed E-state index contributed by atoms with van der Waals surface area (Å²) in [5, 5.41) is 0. The first-order chi connectivity index (χ1) is 6.79. The smallest absolute Gasteiger partial charge is 0.196 e. The molecule has 1 aliphatic heterocycles. The van der Waals surface area contributed by atoms with Crippen molar-refractivity contribution < 1.29 is 13.4 Å². The Kier molecular flexibility index (Phi) is 2.67. The van der Waals surface area contributed by atoms with Crippen molar-refractivity contribution in [3.63, 3.8) is 0 Å². The summed E-state index contributed by atoms with van der Waals surface area (Å²) in [5.41, 5.74) is 0. The Labute approximate surface area is 84.3 Å². The molecule has 0 N–H and O–H groups in total. The predicted octanol–water partition coefficient (Wildman–Crippen LogP) is 0.661. The van der Waals surface area contributed by atoms with E-state index in [0.29, 0.717) is 29.4 Å². The van der Waals surface area contributed by atoms with Crippen LogP contribution < -0.4 is 4.90 Å². The molecule has 0 aliphatic carbocycles. The third kappa shape index (κ3) is 1.87. The van der Waals surface area contributed by atoms with Gasteiger partial charge in [-0.3, -0.25) is 9.00 Å². The number of rotatable bonds is 2. The van der Waals surface area contributed by atoms with Gasteiger partial charge in [0.15, 0.2) is 17.9 Å². The first-order valence-electron chi connectivity index (χ1n) is 4.44. The molecule has 1 fully saturated rings. The van der Waals surface area contributed by atoms with Crippen LogP contribution in [-0.2, 0) is 10.8 Å². The van der Waals surface area contributed by atoms with Gasteiger partial charge in [0.1, 0.15) is 0 Å². The highest BCUT2D eigenvalue weighted by atomic mass is 32.2. The predicted molar refractivity (Wildman–Crippen MR) is 54.2 cm³/mol. The summed E-state index contributed by atoms with van der Waals surface area (Å²) in [6, 6.07) is 3.42. The highest BCUT2D eigenvalue weighted by Crippen LogP contribution is 2.18. The third-order valence-corrected chi connectivity index (χ3v) is 3.49. The minimum Gasteiger partial charge on any atom is -0.438 e. The average molecular weight is 213 g/mol. The SMILES string of the molecule is O=Cc1ccc(N2CCS(=O)CC2)o1. The molecule has 0 radical (unpaired) electrons. The summed E-state index contributed by atoms with van der Waals surface area (Å²) in [7, 11) is -0.683. The van der Waals surface area contributed by atoms with Crippen LogP contribution in [-0.4, -0.2) is 35.1 Å². The molecule has 14 heavy (non-hydrogen) atoms. The molecule has 0 amide bonds. The zero-order valence-corrected chi connectivity index (χ0v) is 8.46. The molecular formula is C9H11NO3S. The molecule has 5 heteroatoms. The molecule has 0 saturated carbocycles. The Morgan fingerprint density at radius 3 is 2.64 bits per heavy atom. The number of aldehydes is 1. The van der Waals surface area contributed by atoms with Crippen molar-refractivity contribution in [3.05, 3.63) is 17.9 Å². The summed E-state index contributed by atoms with van der Waals surface area (Å²) in [6.07, 6.45) is 0.686. The number of hydrogen-bond donors (Lipinski definition) is 0. The molecule has 1 saturated heterocycles. The van der Waals surface area contributed by atoms with Gasteiger partial charge < -0.3 is 9.32 Å². The Hall–Kier alpha value is -1.10. The van der Waals surface area contributed by atoms with Crippen LogP contribution >= 0.6 is 0 Å². The van der Waals surface area contributed by atoms with E-state index in [1.165, 1.54) is 0 Å². The highest BCUT2D eigenvalue weighted by molar-refractivity contribution is 7.85. The Morgan fingerprint density at radius 1 is 1.36 bits per heavy atom. The molecule has 0 aromatic carbocycles. The number of hydrogen-bond acceptors (Lipinski definition) is 4. The maximum absolute atomic E-state index is 11.1. The second-order valence-electron chi connectivity index (χ2n) is 3.13. The van der Waals surface area contributed by atoms with Crippen molar-refractivity contribution in [2.45, 2.75) is 0 Å². The van der Waals surface area contributed by atoms with E-state index in [2.05, 4.69) is 0 Å². The number of furan rings is 1. The molecule has 1 aliphatic rings. The van der Waals surface area contributed by atoms with Crippen LogP contribution in [0.1, 0.15) is 10.6 Å². The van der Waals surface area contributed by atoms with Gasteiger partial charge in [-0.15, -0.1) is 0 Å².